The van der Waals surface area contributed by atoms with Gasteiger partial charge in [0.1, 0.15) is 5.75 Å². The third-order valence-electron chi connectivity index (χ3n) is 3.93. The molecule has 1 aromatic carbocycles. The molecule has 3 nitrogen and oxygen atoms in total. The number of benzene rings is 1. The van der Waals surface area contributed by atoms with Crippen molar-refractivity contribution in [2.75, 3.05) is 13.2 Å². The number of hydrogen-bond donors (Lipinski definition) is 0. The van der Waals surface area contributed by atoms with Gasteiger partial charge in [-0.05, 0) is 49.9 Å². The lowest BCUT2D eigenvalue weighted by molar-refractivity contribution is 0.101. The minimum atomic E-state index is 0.458. The zero-order valence-electron chi connectivity index (χ0n) is 12.2. The van der Waals surface area contributed by atoms with Gasteiger partial charge in [-0.3, -0.25) is 0 Å². The van der Waals surface area contributed by atoms with Crippen LogP contribution in [0.25, 0.3) is 10.9 Å². The van der Waals surface area contributed by atoms with Crippen molar-refractivity contribution < 1.29 is 9.47 Å². The number of aryl methyl sites for hydroxylation is 1. The Balaban J connectivity index is 1.68. The second-order valence-corrected chi connectivity index (χ2v) is 5.50. The molecule has 0 saturated carbocycles. The maximum Gasteiger partial charge on any atom is 0.120 e. The first-order valence-electron chi connectivity index (χ1n) is 7.70. The maximum atomic E-state index is 5.69. The molecule has 0 bridgehead atoms. The van der Waals surface area contributed by atoms with Gasteiger partial charge in [-0.15, -0.1) is 0 Å². The molecular formula is C17H23NO2. The highest BCUT2D eigenvalue weighted by molar-refractivity contribution is 5.81. The summed E-state index contributed by atoms with van der Waals surface area (Å²) < 4.78 is 13.7. The summed E-state index contributed by atoms with van der Waals surface area (Å²) >= 11 is 0. The van der Waals surface area contributed by atoms with E-state index in [1.54, 1.807) is 0 Å². The van der Waals surface area contributed by atoms with E-state index < -0.39 is 0 Å². The Morgan fingerprint density at radius 3 is 3.10 bits per heavy atom. The summed E-state index contributed by atoms with van der Waals surface area (Å²) in [6.45, 7) is 4.88. The zero-order chi connectivity index (χ0) is 13.8. The van der Waals surface area contributed by atoms with Crippen molar-refractivity contribution in [2.45, 2.75) is 45.3 Å². The Kier molecular flexibility index (Phi) is 4.26. The Bertz CT molecular complexity index is 555. The van der Waals surface area contributed by atoms with Crippen molar-refractivity contribution >= 4 is 10.9 Å². The van der Waals surface area contributed by atoms with Crippen molar-refractivity contribution in [3.63, 3.8) is 0 Å². The standard InChI is InChI=1S/C17H23NO2/c1-2-11-19-16-5-6-17-14(13-16)7-9-18(17)10-8-15-4-3-12-20-15/h5-7,9,13,15H,2-4,8,10-12H2,1H3. The molecule has 1 aliphatic rings. The summed E-state index contributed by atoms with van der Waals surface area (Å²) in [7, 11) is 0. The van der Waals surface area contributed by atoms with Gasteiger partial charge >= 0.3 is 0 Å². The summed E-state index contributed by atoms with van der Waals surface area (Å²) in [5.41, 5.74) is 1.28. The molecule has 2 heterocycles. The van der Waals surface area contributed by atoms with Gasteiger partial charge < -0.3 is 14.0 Å². The molecule has 0 radical (unpaired) electrons. The van der Waals surface area contributed by atoms with E-state index in [0.717, 1.165) is 38.3 Å². The molecule has 1 aromatic heterocycles. The normalized spacial score (nSPS) is 18.8. The minimum absolute atomic E-state index is 0.458. The number of rotatable bonds is 6. The maximum absolute atomic E-state index is 5.69. The molecule has 0 N–H and O–H groups in total. The van der Waals surface area contributed by atoms with Crippen LogP contribution in [0.3, 0.4) is 0 Å². The van der Waals surface area contributed by atoms with Crippen molar-refractivity contribution in [1.29, 1.82) is 0 Å². The molecule has 108 valence electrons. The molecule has 20 heavy (non-hydrogen) atoms. The first-order chi connectivity index (χ1) is 9.86. The lowest BCUT2D eigenvalue weighted by atomic mass is 10.2. The van der Waals surface area contributed by atoms with E-state index in [9.17, 15) is 0 Å². The SMILES string of the molecule is CCCOc1ccc2c(ccn2CCC2CCCO2)c1. The average Bonchev–Trinajstić information content (AvgIpc) is 3.12. The fourth-order valence-electron chi connectivity index (χ4n) is 2.84. The van der Waals surface area contributed by atoms with Gasteiger partial charge in [0.25, 0.3) is 0 Å². The molecule has 2 aromatic rings. The van der Waals surface area contributed by atoms with Crippen molar-refractivity contribution in [1.82, 2.24) is 4.57 Å². The third-order valence-corrected chi connectivity index (χ3v) is 3.93. The molecule has 1 fully saturated rings. The van der Waals surface area contributed by atoms with Crippen LogP contribution in [0, 0.1) is 0 Å². The molecule has 1 aliphatic heterocycles. The molecule has 1 saturated heterocycles. The van der Waals surface area contributed by atoms with Crippen LogP contribution in [0.2, 0.25) is 0 Å². The van der Waals surface area contributed by atoms with Crippen LogP contribution >= 0.6 is 0 Å². The first-order valence-corrected chi connectivity index (χ1v) is 7.70. The molecule has 1 unspecified atom stereocenters. The summed E-state index contributed by atoms with van der Waals surface area (Å²) in [6, 6.07) is 8.54. The van der Waals surface area contributed by atoms with Crippen molar-refractivity contribution in [3.05, 3.63) is 30.5 Å². The Hall–Kier alpha value is -1.48. The summed E-state index contributed by atoms with van der Waals surface area (Å²) in [5, 5.41) is 1.26. The van der Waals surface area contributed by atoms with Crippen LogP contribution in [0.15, 0.2) is 30.5 Å². The molecule has 0 amide bonds. The van der Waals surface area contributed by atoms with Crippen LogP contribution in [0.4, 0.5) is 0 Å². The minimum Gasteiger partial charge on any atom is -0.494 e. The van der Waals surface area contributed by atoms with Gasteiger partial charge in [-0.1, -0.05) is 6.92 Å². The fraction of sp³-hybridized carbons (Fsp3) is 0.529. The van der Waals surface area contributed by atoms with E-state index in [-0.39, 0.29) is 0 Å². The first kappa shape index (κ1) is 13.5. The lowest BCUT2D eigenvalue weighted by Gasteiger charge is -2.11. The molecule has 3 heteroatoms. The summed E-state index contributed by atoms with van der Waals surface area (Å²) in [5.74, 6) is 0.969. The largest absolute Gasteiger partial charge is 0.494 e. The van der Waals surface area contributed by atoms with Crippen LogP contribution in [-0.4, -0.2) is 23.9 Å². The zero-order valence-corrected chi connectivity index (χ0v) is 12.2. The van der Waals surface area contributed by atoms with E-state index in [0.29, 0.717) is 6.10 Å². The number of ether oxygens (including phenoxy) is 2. The van der Waals surface area contributed by atoms with E-state index in [4.69, 9.17) is 9.47 Å². The van der Waals surface area contributed by atoms with E-state index >= 15 is 0 Å². The second-order valence-electron chi connectivity index (χ2n) is 5.50. The number of nitrogens with zero attached hydrogens (tertiary/aromatic N) is 1. The third kappa shape index (κ3) is 2.98. The quantitative estimate of drug-likeness (QED) is 0.794. The van der Waals surface area contributed by atoms with Gasteiger partial charge in [0.2, 0.25) is 0 Å². The highest BCUT2D eigenvalue weighted by Crippen LogP contribution is 2.23. The lowest BCUT2D eigenvalue weighted by Crippen LogP contribution is -2.09. The van der Waals surface area contributed by atoms with Crippen molar-refractivity contribution in [2.24, 2.45) is 0 Å². The predicted octanol–water partition coefficient (Wildman–Crippen LogP) is 4.00. The highest BCUT2D eigenvalue weighted by Gasteiger charge is 2.15. The Labute approximate surface area is 120 Å². The molecular weight excluding hydrogens is 250 g/mol. The fourth-order valence-corrected chi connectivity index (χ4v) is 2.84. The van der Waals surface area contributed by atoms with E-state index in [1.807, 2.05) is 0 Å². The Morgan fingerprint density at radius 1 is 1.35 bits per heavy atom. The monoisotopic (exact) mass is 273 g/mol. The predicted molar refractivity (Wildman–Crippen MR) is 81.3 cm³/mol. The molecule has 0 spiro atoms. The van der Waals surface area contributed by atoms with Crippen LogP contribution < -0.4 is 4.74 Å². The number of hydrogen-bond acceptors (Lipinski definition) is 2. The van der Waals surface area contributed by atoms with Crippen LogP contribution in [0.1, 0.15) is 32.6 Å². The van der Waals surface area contributed by atoms with Crippen LogP contribution in [0.5, 0.6) is 5.75 Å². The Morgan fingerprint density at radius 2 is 2.30 bits per heavy atom. The average molecular weight is 273 g/mol. The van der Waals surface area contributed by atoms with Gasteiger partial charge in [-0.25, -0.2) is 0 Å². The highest BCUT2D eigenvalue weighted by atomic mass is 16.5. The second kappa shape index (κ2) is 6.31. The smallest absolute Gasteiger partial charge is 0.120 e. The van der Waals surface area contributed by atoms with Gasteiger partial charge in [0, 0.05) is 30.3 Å². The summed E-state index contributed by atoms with van der Waals surface area (Å²) in [4.78, 5) is 0. The van der Waals surface area contributed by atoms with Crippen LogP contribution in [-0.2, 0) is 11.3 Å². The summed E-state index contributed by atoms with van der Waals surface area (Å²) in [6.07, 6.45) is 7.21. The van der Waals surface area contributed by atoms with Crippen molar-refractivity contribution in [3.8, 4) is 5.75 Å². The number of fused-ring (bicyclic) bond motifs is 1. The van der Waals surface area contributed by atoms with E-state index in [2.05, 4.69) is 42.0 Å². The number of aromatic nitrogens is 1. The molecule has 3 rings (SSSR count). The van der Waals surface area contributed by atoms with Gasteiger partial charge in [-0.2, -0.15) is 0 Å². The molecule has 1 atom stereocenters. The molecule has 0 aliphatic carbocycles. The van der Waals surface area contributed by atoms with E-state index in [1.165, 1.54) is 23.7 Å². The topological polar surface area (TPSA) is 23.4 Å². The van der Waals surface area contributed by atoms with Gasteiger partial charge in [0.05, 0.1) is 12.7 Å². The van der Waals surface area contributed by atoms with Gasteiger partial charge in [0.15, 0.2) is 0 Å².